The molecule has 0 aliphatic heterocycles. The highest BCUT2D eigenvalue weighted by molar-refractivity contribution is 6.59. The van der Waals surface area contributed by atoms with E-state index >= 15 is 0 Å². The second-order valence-corrected chi connectivity index (χ2v) is 1.98. The van der Waals surface area contributed by atoms with Crippen molar-refractivity contribution in [2.24, 2.45) is 0 Å². The highest BCUT2D eigenvalue weighted by Crippen LogP contribution is 2.03. The molecule has 52 valence electrons. The molecule has 0 saturated heterocycles. The molecule has 0 spiro atoms. The zero-order valence-electron chi connectivity index (χ0n) is 8.85. The fourth-order valence-corrected chi connectivity index (χ4v) is 0.612. The maximum Gasteiger partial charge on any atom is 0.488 e. The molecular formula is C6H6BClO2. The van der Waals surface area contributed by atoms with Gasteiger partial charge in [-0.1, -0.05) is 23.7 Å². The third-order valence-electron chi connectivity index (χ3n) is 0.872. The van der Waals surface area contributed by atoms with Gasteiger partial charge in [-0.3, -0.25) is 0 Å². The fraction of sp³-hybridized carbons (Fsp3) is 0. The first-order valence-electron chi connectivity index (χ1n) is 4.49. The smallest absolute Gasteiger partial charge is 0.423 e. The molecule has 1 rings (SSSR count). The van der Waals surface area contributed by atoms with Gasteiger partial charge in [0.15, 0.2) is 0 Å². The molecule has 0 heterocycles. The summed E-state index contributed by atoms with van der Waals surface area (Å²) in [4.78, 5) is 0. The molecule has 0 aliphatic carbocycles. The first-order chi connectivity index (χ1) is 6.37. The third kappa shape index (κ3) is 1.74. The van der Waals surface area contributed by atoms with Gasteiger partial charge >= 0.3 is 7.12 Å². The van der Waals surface area contributed by atoms with Gasteiger partial charge in [0.25, 0.3) is 0 Å². The van der Waals surface area contributed by atoms with E-state index in [1.54, 1.807) is 0 Å². The Morgan fingerprint density at radius 2 is 2.20 bits per heavy atom. The number of halogens is 1. The molecule has 0 saturated carbocycles. The number of hydrogen-bond donors (Lipinski definition) is 2. The van der Waals surface area contributed by atoms with Crippen LogP contribution < -0.4 is 5.46 Å². The average Bonchev–Trinajstić information content (AvgIpc) is 2.11. The van der Waals surface area contributed by atoms with Gasteiger partial charge in [0, 0.05) is 5.02 Å². The van der Waals surface area contributed by atoms with Gasteiger partial charge in [-0.15, -0.1) is 0 Å². The summed E-state index contributed by atoms with van der Waals surface area (Å²) in [6.45, 7) is 0. The molecule has 1 aromatic carbocycles. The number of benzene rings is 1. The normalized spacial score (nSPS) is 15.1. The maximum atomic E-state index is 8.84. The highest BCUT2D eigenvalue weighted by Gasteiger charge is 2.09. The minimum atomic E-state index is -2.03. The van der Waals surface area contributed by atoms with Crippen molar-refractivity contribution in [1.82, 2.24) is 0 Å². The average molecular weight is 160 g/mol. The largest absolute Gasteiger partial charge is 0.488 e. The Morgan fingerprint density at radius 1 is 1.50 bits per heavy atom. The topological polar surface area (TPSA) is 40.5 Å². The predicted octanol–water partition coefficient (Wildman–Crippen LogP) is 0.0198. The third-order valence-corrected chi connectivity index (χ3v) is 1.06. The monoisotopic (exact) mass is 160 g/mol. The summed E-state index contributed by atoms with van der Waals surface area (Å²) in [5.74, 6) is 0. The summed E-state index contributed by atoms with van der Waals surface area (Å²) in [6.07, 6.45) is 0. The quantitative estimate of drug-likeness (QED) is 0.569. The molecule has 0 fully saturated rings. The van der Waals surface area contributed by atoms with Crippen LogP contribution in [0.5, 0.6) is 0 Å². The predicted molar refractivity (Wildman–Crippen MR) is 41.3 cm³/mol. The Balaban J connectivity index is 3.60. The van der Waals surface area contributed by atoms with E-state index in [9.17, 15) is 0 Å². The van der Waals surface area contributed by atoms with Crippen molar-refractivity contribution in [1.29, 1.82) is 0 Å². The van der Waals surface area contributed by atoms with Crippen LogP contribution in [0.1, 0.15) is 5.48 Å². The molecule has 2 nitrogen and oxygen atoms in total. The number of rotatable bonds is 1. The molecule has 0 unspecified atom stereocenters. The van der Waals surface area contributed by atoms with Gasteiger partial charge in [0.2, 0.25) is 0 Å². The van der Waals surface area contributed by atoms with E-state index in [1.165, 1.54) is 0 Å². The molecule has 10 heavy (non-hydrogen) atoms. The molecule has 1 aromatic rings. The van der Waals surface area contributed by atoms with E-state index in [-0.39, 0.29) is 5.02 Å². The van der Waals surface area contributed by atoms with Crippen LogP contribution in [-0.2, 0) is 0 Å². The Bertz CT molecular complexity index is 356. The lowest BCUT2D eigenvalue weighted by Crippen LogP contribution is -2.29. The lowest BCUT2D eigenvalue weighted by Gasteiger charge is -1.97. The maximum absolute atomic E-state index is 8.84. The number of hydrogen-bond acceptors (Lipinski definition) is 2. The first-order valence-corrected chi connectivity index (χ1v) is 2.87. The van der Waals surface area contributed by atoms with Crippen molar-refractivity contribution in [2.45, 2.75) is 0 Å². The summed E-state index contributed by atoms with van der Waals surface area (Å²) in [7, 11) is -2.03. The summed E-state index contributed by atoms with van der Waals surface area (Å²) >= 11 is 5.50. The highest BCUT2D eigenvalue weighted by atomic mass is 35.5. The van der Waals surface area contributed by atoms with Crippen molar-refractivity contribution < 1.29 is 15.5 Å². The lowest BCUT2D eigenvalue weighted by molar-refractivity contribution is 0.426. The van der Waals surface area contributed by atoms with Crippen LogP contribution in [0, 0.1) is 0 Å². The molecule has 0 bridgehead atoms. The second kappa shape index (κ2) is 3.06. The van der Waals surface area contributed by atoms with Crippen LogP contribution >= 0.6 is 11.6 Å². The molecule has 0 aliphatic rings. The van der Waals surface area contributed by atoms with E-state index in [1.807, 2.05) is 0 Å². The molecule has 2 N–H and O–H groups in total. The zero-order valence-corrected chi connectivity index (χ0v) is 5.61. The van der Waals surface area contributed by atoms with Crippen molar-refractivity contribution in [3.8, 4) is 0 Å². The first kappa shape index (κ1) is 3.76. The molecular weight excluding hydrogens is 150 g/mol. The van der Waals surface area contributed by atoms with Gasteiger partial charge < -0.3 is 10.0 Å². The SMILES string of the molecule is [2H]c1c([2H])c(Cl)c([2H])c(B(O)O)c1[2H]. The Morgan fingerprint density at radius 3 is 2.80 bits per heavy atom. The van der Waals surface area contributed by atoms with Gasteiger partial charge in [-0.2, -0.15) is 0 Å². The van der Waals surface area contributed by atoms with Crippen LogP contribution in [0.3, 0.4) is 0 Å². The van der Waals surface area contributed by atoms with E-state index in [0.717, 1.165) is 0 Å². The van der Waals surface area contributed by atoms with Crippen molar-refractivity contribution >= 4 is 24.2 Å². The van der Waals surface area contributed by atoms with Crippen LogP contribution in [-0.4, -0.2) is 17.2 Å². The van der Waals surface area contributed by atoms with E-state index in [4.69, 9.17) is 27.1 Å². The molecule has 4 heteroatoms. The zero-order chi connectivity index (χ0) is 11.0. The fourth-order valence-electron chi connectivity index (χ4n) is 0.463. The van der Waals surface area contributed by atoms with Crippen molar-refractivity contribution in [2.75, 3.05) is 0 Å². The van der Waals surface area contributed by atoms with Crippen LogP contribution in [0.4, 0.5) is 0 Å². The van der Waals surface area contributed by atoms with Gasteiger partial charge in [-0.25, -0.2) is 0 Å². The summed E-state index contributed by atoms with van der Waals surface area (Å²) in [5, 5.41) is 17.3. The summed E-state index contributed by atoms with van der Waals surface area (Å²) in [5.41, 5.74) is -0.448. The van der Waals surface area contributed by atoms with Crippen LogP contribution in [0.25, 0.3) is 0 Å². The second-order valence-electron chi connectivity index (χ2n) is 1.60. The van der Waals surface area contributed by atoms with Crippen LogP contribution in [0.15, 0.2) is 24.2 Å². The van der Waals surface area contributed by atoms with E-state index in [0.29, 0.717) is 0 Å². The van der Waals surface area contributed by atoms with E-state index in [2.05, 4.69) is 0 Å². The molecule has 0 radical (unpaired) electrons. The Labute approximate surface area is 69.8 Å². The molecule has 0 atom stereocenters. The molecule has 0 amide bonds. The van der Waals surface area contributed by atoms with Gasteiger partial charge in [-0.05, 0) is 17.5 Å². The summed E-state index contributed by atoms with van der Waals surface area (Å²) in [6, 6.07) is -2.02. The standard InChI is InChI=1S/C6H6BClO2/c8-6-3-1-2-5(4-6)7(9)10/h1-4,9-10H/i1D,2D,3D,4D. The van der Waals surface area contributed by atoms with Crippen molar-refractivity contribution in [3.05, 3.63) is 29.2 Å². The van der Waals surface area contributed by atoms with Crippen LogP contribution in [0.2, 0.25) is 5.02 Å². The molecule has 0 aromatic heterocycles. The Kier molecular flexibility index (Phi) is 1.15. The minimum absolute atomic E-state index is 0.353. The lowest BCUT2D eigenvalue weighted by atomic mass is 9.81. The Hall–Kier alpha value is -0.505. The van der Waals surface area contributed by atoms with Gasteiger partial charge in [0.1, 0.15) is 0 Å². The van der Waals surface area contributed by atoms with Gasteiger partial charge in [0.05, 0.1) is 5.48 Å². The van der Waals surface area contributed by atoms with Crippen molar-refractivity contribution in [3.63, 3.8) is 0 Å². The minimum Gasteiger partial charge on any atom is -0.423 e. The van der Waals surface area contributed by atoms with E-state index < -0.39 is 36.8 Å². The summed E-state index contributed by atoms with van der Waals surface area (Å²) < 4.78 is 29.1.